The molecule has 0 aliphatic heterocycles. The summed E-state index contributed by atoms with van der Waals surface area (Å²) in [6.07, 6.45) is 37.7. The molecule has 0 heterocycles. The van der Waals surface area contributed by atoms with E-state index in [1.165, 1.54) is 154 Å². The van der Waals surface area contributed by atoms with E-state index in [1.54, 1.807) is 0 Å². The predicted octanol–water partition coefficient (Wildman–Crippen LogP) is 10.7. The molecule has 0 aromatic rings. The molecule has 0 radical (unpaired) electrons. The summed E-state index contributed by atoms with van der Waals surface area (Å²) in [5, 5.41) is 33.4. The van der Waals surface area contributed by atoms with E-state index < -0.39 is 18.2 Å². The number of aliphatic hydroxyl groups excluding tert-OH is 3. The molecule has 264 valence electrons. The van der Waals surface area contributed by atoms with Gasteiger partial charge in [0.15, 0.2) is 0 Å². The van der Waals surface area contributed by atoms with Crippen molar-refractivity contribution in [2.24, 2.45) is 0 Å². The molecule has 0 unspecified atom stereocenters. The second-order valence-corrected chi connectivity index (χ2v) is 13.9. The Morgan fingerprint density at radius 1 is 0.477 bits per heavy atom. The molecule has 1 amide bonds. The van der Waals surface area contributed by atoms with Crippen molar-refractivity contribution in [2.75, 3.05) is 6.61 Å². The molecule has 0 saturated carbocycles. The number of carbonyl (C=O) groups is 1. The fraction of sp³-hybridized carbons (Fsp3) is 0.974. The maximum absolute atomic E-state index is 12.4. The van der Waals surface area contributed by atoms with Gasteiger partial charge in [0.1, 0.15) is 6.10 Å². The van der Waals surface area contributed by atoms with Gasteiger partial charge in [0.25, 0.3) is 0 Å². The maximum atomic E-state index is 12.4. The van der Waals surface area contributed by atoms with E-state index in [9.17, 15) is 20.1 Å². The van der Waals surface area contributed by atoms with Crippen molar-refractivity contribution in [3.05, 3.63) is 0 Å². The van der Waals surface area contributed by atoms with Crippen molar-refractivity contribution in [3.63, 3.8) is 0 Å². The third-order valence-electron chi connectivity index (χ3n) is 9.46. The summed E-state index contributed by atoms with van der Waals surface area (Å²) in [4.78, 5) is 12.4. The van der Waals surface area contributed by atoms with Crippen LogP contribution in [0.3, 0.4) is 0 Å². The zero-order chi connectivity index (χ0) is 32.4. The summed E-state index contributed by atoms with van der Waals surface area (Å²) >= 11 is 0. The smallest absolute Gasteiger partial charge is 0.220 e. The number of nitrogens with one attached hydrogen (secondary N) is 1. The molecule has 5 nitrogen and oxygen atoms in total. The Kier molecular flexibility index (Phi) is 34.7. The van der Waals surface area contributed by atoms with E-state index in [-0.39, 0.29) is 12.5 Å². The lowest BCUT2D eigenvalue weighted by Gasteiger charge is -2.26. The molecule has 0 aromatic carbocycles. The van der Waals surface area contributed by atoms with Gasteiger partial charge in [0, 0.05) is 6.42 Å². The van der Waals surface area contributed by atoms with Crippen molar-refractivity contribution in [3.8, 4) is 0 Å². The number of aliphatic hydroxyl groups is 3. The summed E-state index contributed by atoms with van der Waals surface area (Å²) in [5.74, 6) is -0.142. The molecule has 44 heavy (non-hydrogen) atoms. The second-order valence-electron chi connectivity index (χ2n) is 13.9. The lowest BCUT2D eigenvalue weighted by Crippen LogP contribution is -2.50. The summed E-state index contributed by atoms with van der Waals surface area (Å²) in [6, 6.07) is -0.800. The minimum atomic E-state index is -1.13. The zero-order valence-corrected chi connectivity index (χ0v) is 29.8. The van der Waals surface area contributed by atoms with Crippen LogP contribution in [-0.4, -0.2) is 46.1 Å². The van der Waals surface area contributed by atoms with Gasteiger partial charge in [0.05, 0.1) is 18.8 Å². The molecule has 0 saturated heterocycles. The Balaban J connectivity index is 3.59. The van der Waals surface area contributed by atoms with Crippen LogP contribution in [0.5, 0.6) is 0 Å². The third kappa shape index (κ3) is 30.0. The van der Waals surface area contributed by atoms with E-state index >= 15 is 0 Å². The average Bonchev–Trinajstić information content (AvgIpc) is 3.03. The quantitative estimate of drug-likeness (QED) is 0.0521. The van der Waals surface area contributed by atoms with Crippen LogP contribution in [0.2, 0.25) is 0 Å². The van der Waals surface area contributed by atoms with Crippen LogP contribution in [0.25, 0.3) is 0 Å². The minimum absolute atomic E-state index is 0.142. The standard InChI is InChI=1S/C39H79NO4/c1-3-5-7-9-11-13-15-16-17-18-19-20-21-22-24-26-28-30-32-34-38(43)40-36(35-41)39(44)37(42)33-31-29-27-25-23-14-12-10-8-6-4-2/h36-37,39,41-42,44H,3-35H2,1-2H3,(H,40,43)/t36-,37+,39-/m0/s1. The van der Waals surface area contributed by atoms with Crippen LogP contribution < -0.4 is 5.32 Å². The first-order valence-electron chi connectivity index (χ1n) is 19.8. The van der Waals surface area contributed by atoms with Gasteiger partial charge in [-0.05, 0) is 12.8 Å². The van der Waals surface area contributed by atoms with Gasteiger partial charge in [-0.1, -0.05) is 200 Å². The van der Waals surface area contributed by atoms with Crippen molar-refractivity contribution in [1.82, 2.24) is 5.32 Å². The van der Waals surface area contributed by atoms with Crippen molar-refractivity contribution >= 4 is 5.91 Å². The largest absolute Gasteiger partial charge is 0.394 e. The van der Waals surface area contributed by atoms with Crippen molar-refractivity contribution in [1.29, 1.82) is 0 Å². The third-order valence-corrected chi connectivity index (χ3v) is 9.46. The van der Waals surface area contributed by atoms with Crippen molar-refractivity contribution < 1.29 is 20.1 Å². The first-order valence-corrected chi connectivity index (χ1v) is 19.8. The van der Waals surface area contributed by atoms with Gasteiger partial charge in [-0.15, -0.1) is 0 Å². The van der Waals surface area contributed by atoms with Gasteiger partial charge in [-0.25, -0.2) is 0 Å². The highest BCUT2D eigenvalue weighted by Gasteiger charge is 2.26. The van der Waals surface area contributed by atoms with E-state index in [2.05, 4.69) is 19.2 Å². The molecule has 0 bridgehead atoms. The number of amides is 1. The lowest BCUT2D eigenvalue weighted by atomic mass is 9.99. The minimum Gasteiger partial charge on any atom is -0.394 e. The van der Waals surface area contributed by atoms with Crippen LogP contribution >= 0.6 is 0 Å². The normalized spacial score (nSPS) is 13.7. The lowest BCUT2D eigenvalue weighted by molar-refractivity contribution is -0.124. The molecule has 0 aromatic heterocycles. The Hall–Kier alpha value is -0.650. The molecule has 3 atom stereocenters. The average molecular weight is 626 g/mol. The number of hydrogen-bond donors (Lipinski definition) is 4. The first-order chi connectivity index (χ1) is 21.6. The summed E-state index contributed by atoms with van der Waals surface area (Å²) in [7, 11) is 0. The molecule has 0 fully saturated rings. The van der Waals surface area contributed by atoms with E-state index in [4.69, 9.17) is 0 Å². The highest BCUT2D eigenvalue weighted by atomic mass is 16.3. The summed E-state index contributed by atoms with van der Waals surface area (Å²) in [6.45, 7) is 4.17. The number of rotatable bonds is 36. The van der Waals surface area contributed by atoms with Crippen LogP contribution in [-0.2, 0) is 4.79 Å². The SMILES string of the molecule is CCCCCCCCCCCCCCCCCCCCCC(=O)N[C@@H](CO)[C@H](O)[C@H](O)CCCCCCCCCCCCC. The number of carbonyl (C=O) groups excluding carboxylic acids is 1. The Labute approximate surface area is 275 Å². The van der Waals surface area contributed by atoms with E-state index in [1.807, 2.05) is 0 Å². The molecule has 0 rings (SSSR count). The fourth-order valence-corrected chi connectivity index (χ4v) is 6.34. The van der Waals surface area contributed by atoms with Crippen molar-refractivity contribution in [2.45, 2.75) is 238 Å². The number of unbranched alkanes of at least 4 members (excludes halogenated alkanes) is 28. The Morgan fingerprint density at radius 3 is 1.09 bits per heavy atom. The van der Waals surface area contributed by atoms with Gasteiger partial charge in [-0.2, -0.15) is 0 Å². The van der Waals surface area contributed by atoms with Crippen LogP contribution in [0.1, 0.15) is 219 Å². The monoisotopic (exact) mass is 626 g/mol. The summed E-state index contributed by atoms with van der Waals surface area (Å²) in [5.41, 5.74) is 0. The zero-order valence-electron chi connectivity index (χ0n) is 29.8. The topological polar surface area (TPSA) is 89.8 Å². The molecule has 0 aliphatic carbocycles. The molecular weight excluding hydrogens is 546 g/mol. The van der Waals surface area contributed by atoms with Crippen LogP contribution in [0.15, 0.2) is 0 Å². The first kappa shape index (κ1) is 43.4. The highest BCUT2D eigenvalue weighted by Crippen LogP contribution is 2.16. The molecule has 4 N–H and O–H groups in total. The van der Waals surface area contributed by atoms with Crippen LogP contribution in [0, 0.1) is 0 Å². The maximum Gasteiger partial charge on any atom is 0.220 e. The molecule has 0 aliphatic rings. The highest BCUT2D eigenvalue weighted by molar-refractivity contribution is 5.76. The summed E-state index contributed by atoms with van der Waals surface area (Å²) < 4.78 is 0. The predicted molar refractivity (Wildman–Crippen MR) is 190 cm³/mol. The van der Waals surface area contributed by atoms with Gasteiger partial charge in [-0.3, -0.25) is 4.79 Å². The van der Waals surface area contributed by atoms with Crippen LogP contribution in [0.4, 0.5) is 0 Å². The number of hydrogen-bond acceptors (Lipinski definition) is 4. The fourth-order valence-electron chi connectivity index (χ4n) is 6.34. The van der Waals surface area contributed by atoms with Gasteiger partial charge >= 0.3 is 0 Å². The van der Waals surface area contributed by atoms with E-state index in [0.29, 0.717) is 12.8 Å². The Bertz CT molecular complexity index is 572. The molecule has 5 heteroatoms. The molecular formula is C39H79NO4. The van der Waals surface area contributed by atoms with E-state index in [0.717, 1.165) is 38.5 Å². The molecule has 0 spiro atoms. The van der Waals surface area contributed by atoms with Gasteiger partial charge < -0.3 is 20.6 Å². The Morgan fingerprint density at radius 2 is 0.773 bits per heavy atom. The second kappa shape index (κ2) is 35.2. The van der Waals surface area contributed by atoms with Gasteiger partial charge in [0.2, 0.25) is 5.91 Å².